The maximum absolute atomic E-state index is 13.3. The van der Waals surface area contributed by atoms with E-state index in [1.807, 2.05) is 13.0 Å². The molecule has 2 aromatic heterocycles. The van der Waals surface area contributed by atoms with Crippen LogP contribution in [0.25, 0.3) is 20.8 Å². The lowest BCUT2D eigenvalue weighted by Gasteiger charge is -2.08. The van der Waals surface area contributed by atoms with Crippen molar-refractivity contribution in [2.75, 3.05) is 18.4 Å². The number of hydrogen-bond acceptors (Lipinski definition) is 6. The van der Waals surface area contributed by atoms with Crippen LogP contribution in [0.4, 0.5) is 23.7 Å². The van der Waals surface area contributed by atoms with Crippen LogP contribution < -0.4 is 16.0 Å². The summed E-state index contributed by atoms with van der Waals surface area (Å²) < 4.78 is 45.7. The lowest BCUT2D eigenvalue weighted by Crippen LogP contribution is -2.21. The van der Waals surface area contributed by atoms with Gasteiger partial charge in [-0.2, -0.15) is 18.2 Å². The van der Waals surface area contributed by atoms with Gasteiger partial charge in [0.25, 0.3) is 5.89 Å². The average Bonchev–Trinajstić information content (AvgIpc) is 3.33. The molecule has 3 aromatic rings. The van der Waals surface area contributed by atoms with Crippen molar-refractivity contribution in [3.63, 3.8) is 0 Å². The van der Waals surface area contributed by atoms with Crippen molar-refractivity contribution in [3.8, 4) is 10.7 Å². The topological polar surface area (TPSA) is 92.1 Å². The molecule has 7 nitrogen and oxygen atoms in total. The third-order valence-electron chi connectivity index (χ3n) is 4.28. The molecule has 0 bridgehead atoms. The van der Waals surface area contributed by atoms with Gasteiger partial charge in [0.1, 0.15) is 6.04 Å². The van der Waals surface area contributed by atoms with Crippen molar-refractivity contribution in [1.29, 1.82) is 0 Å². The molecule has 1 saturated heterocycles. The Kier molecular flexibility index (Phi) is 4.61. The van der Waals surface area contributed by atoms with Gasteiger partial charge < -0.3 is 20.5 Å². The summed E-state index contributed by atoms with van der Waals surface area (Å²) in [7, 11) is 0. The van der Waals surface area contributed by atoms with Gasteiger partial charge in [-0.1, -0.05) is 17.3 Å². The zero-order valence-corrected chi connectivity index (χ0v) is 15.5. The summed E-state index contributed by atoms with van der Waals surface area (Å²) in [6.07, 6.45) is -5.48. The van der Waals surface area contributed by atoms with Crippen LogP contribution in [0, 0.1) is 0 Å². The SMILES string of the molecule is CCNc1cccc2c(CC(F)(F)F)c(-c3noc(C4CNC(=O)N4)n3)sc12. The summed E-state index contributed by atoms with van der Waals surface area (Å²) in [5, 5.41) is 12.7. The second kappa shape index (κ2) is 6.97. The number of alkyl halides is 3. The van der Waals surface area contributed by atoms with Gasteiger partial charge in [-0.3, -0.25) is 0 Å². The van der Waals surface area contributed by atoms with Gasteiger partial charge in [-0.05, 0) is 23.9 Å². The number of nitrogens with zero attached hydrogens (tertiary/aromatic N) is 2. The first-order valence-electron chi connectivity index (χ1n) is 8.59. The third-order valence-corrected chi connectivity index (χ3v) is 5.55. The molecule has 3 N–H and O–H groups in total. The largest absolute Gasteiger partial charge is 0.393 e. The van der Waals surface area contributed by atoms with E-state index in [1.54, 1.807) is 12.1 Å². The monoisotopic (exact) mass is 411 g/mol. The van der Waals surface area contributed by atoms with Crippen LogP contribution in [0.15, 0.2) is 22.7 Å². The van der Waals surface area contributed by atoms with E-state index in [4.69, 9.17) is 4.52 Å². The van der Waals surface area contributed by atoms with Crippen molar-refractivity contribution in [2.45, 2.75) is 25.6 Å². The Bertz CT molecular complexity index is 1030. The Morgan fingerprint density at radius 2 is 2.21 bits per heavy atom. The van der Waals surface area contributed by atoms with Crippen LogP contribution in [0.5, 0.6) is 0 Å². The van der Waals surface area contributed by atoms with Gasteiger partial charge >= 0.3 is 12.2 Å². The molecule has 1 aromatic carbocycles. The number of thiophene rings is 1. The highest BCUT2D eigenvalue weighted by molar-refractivity contribution is 7.23. The Morgan fingerprint density at radius 3 is 2.89 bits per heavy atom. The van der Waals surface area contributed by atoms with E-state index in [0.29, 0.717) is 21.5 Å². The van der Waals surface area contributed by atoms with Gasteiger partial charge in [-0.25, -0.2) is 4.79 Å². The highest BCUT2D eigenvalue weighted by atomic mass is 32.1. The molecule has 1 aliphatic rings. The van der Waals surface area contributed by atoms with Crippen molar-refractivity contribution in [3.05, 3.63) is 29.7 Å². The molecule has 0 saturated carbocycles. The zero-order valence-electron chi connectivity index (χ0n) is 14.7. The van der Waals surface area contributed by atoms with Crippen molar-refractivity contribution in [2.24, 2.45) is 0 Å². The van der Waals surface area contributed by atoms with Crippen LogP contribution in [-0.4, -0.2) is 35.4 Å². The lowest BCUT2D eigenvalue weighted by molar-refractivity contribution is -0.126. The number of nitrogens with one attached hydrogen (secondary N) is 3. The fourth-order valence-corrected chi connectivity index (χ4v) is 4.36. The molecule has 28 heavy (non-hydrogen) atoms. The summed E-state index contributed by atoms with van der Waals surface area (Å²) in [6.45, 7) is 2.83. The Labute approximate surface area is 161 Å². The molecule has 1 aliphatic heterocycles. The fourth-order valence-electron chi connectivity index (χ4n) is 3.13. The quantitative estimate of drug-likeness (QED) is 0.593. The third kappa shape index (κ3) is 3.49. The smallest absolute Gasteiger partial charge is 0.384 e. The molecule has 4 rings (SSSR count). The number of benzene rings is 1. The van der Waals surface area contributed by atoms with Crippen molar-refractivity contribution in [1.82, 2.24) is 20.8 Å². The van der Waals surface area contributed by atoms with Crippen molar-refractivity contribution >= 4 is 33.1 Å². The molecule has 1 atom stereocenters. The molecule has 11 heteroatoms. The molecule has 2 amide bonds. The maximum atomic E-state index is 13.3. The van der Waals surface area contributed by atoms with Gasteiger partial charge in [0, 0.05) is 13.1 Å². The number of carbonyl (C=O) groups excluding carboxylic acids is 1. The van der Waals surface area contributed by atoms with Gasteiger partial charge in [0.15, 0.2) is 0 Å². The van der Waals surface area contributed by atoms with Gasteiger partial charge in [-0.15, -0.1) is 11.3 Å². The summed E-state index contributed by atoms with van der Waals surface area (Å²) in [6, 6.07) is 4.34. The number of fused-ring (bicyclic) bond motifs is 1. The number of halogens is 3. The van der Waals surface area contributed by atoms with E-state index < -0.39 is 18.6 Å². The van der Waals surface area contributed by atoms with Crippen molar-refractivity contribution < 1.29 is 22.5 Å². The molecule has 0 radical (unpaired) electrons. The lowest BCUT2D eigenvalue weighted by atomic mass is 10.1. The average molecular weight is 411 g/mol. The normalized spacial score (nSPS) is 17.0. The van der Waals surface area contributed by atoms with Crippen LogP contribution in [-0.2, 0) is 6.42 Å². The minimum Gasteiger partial charge on any atom is -0.384 e. The predicted octanol–water partition coefficient (Wildman–Crippen LogP) is 3.84. The second-order valence-electron chi connectivity index (χ2n) is 6.28. The number of carbonyl (C=O) groups is 1. The molecule has 1 fully saturated rings. The molecule has 148 valence electrons. The molecular formula is C17H16F3N5O2S. The Balaban J connectivity index is 1.81. The van der Waals surface area contributed by atoms with E-state index in [1.165, 1.54) is 11.3 Å². The van der Waals surface area contributed by atoms with E-state index in [-0.39, 0.29) is 29.9 Å². The van der Waals surface area contributed by atoms with Gasteiger partial charge in [0.05, 0.1) is 21.7 Å². The number of rotatable bonds is 5. The first kappa shape index (κ1) is 18.5. The first-order chi connectivity index (χ1) is 13.4. The van der Waals surface area contributed by atoms with Crippen LogP contribution in [0.2, 0.25) is 0 Å². The van der Waals surface area contributed by atoms with E-state index in [9.17, 15) is 18.0 Å². The highest BCUT2D eigenvalue weighted by Crippen LogP contribution is 2.43. The van der Waals surface area contributed by atoms with Gasteiger partial charge in [0.2, 0.25) is 5.82 Å². The predicted molar refractivity (Wildman–Crippen MR) is 98.3 cm³/mol. The minimum absolute atomic E-state index is 0.0825. The molecular weight excluding hydrogens is 395 g/mol. The molecule has 0 aliphatic carbocycles. The fraction of sp³-hybridized carbons (Fsp3) is 0.353. The summed E-state index contributed by atoms with van der Waals surface area (Å²) in [5.74, 6) is 0.231. The molecule has 0 spiro atoms. The van der Waals surface area contributed by atoms with E-state index in [0.717, 1.165) is 5.69 Å². The number of amides is 2. The maximum Gasteiger partial charge on any atom is 0.393 e. The first-order valence-corrected chi connectivity index (χ1v) is 9.40. The number of aromatic nitrogens is 2. The zero-order chi connectivity index (χ0) is 19.9. The second-order valence-corrected chi connectivity index (χ2v) is 7.30. The molecule has 1 unspecified atom stereocenters. The summed E-state index contributed by atoms with van der Waals surface area (Å²) in [4.78, 5) is 15.8. The summed E-state index contributed by atoms with van der Waals surface area (Å²) in [5.41, 5.74) is 0.879. The number of urea groups is 1. The van der Waals surface area contributed by atoms with Crippen LogP contribution >= 0.6 is 11.3 Å². The van der Waals surface area contributed by atoms with E-state index >= 15 is 0 Å². The molecule has 3 heterocycles. The Morgan fingerprint density at radius 1 is 1.39 bits per heavy atom. The minimum atomic E-state index is -4.38. The number of hydrogen-bond donors (Lipinski definition) is 3. The van der Waals surface area contributed by atoms with Crippen LogP contribution in [0.3, 0.4) is 0 Å². The number of anilines is 1. The standard InChI is InChI=1S/C17H16F3N5O2S/c1-2-21-10-5-3-4-8-9(6-17(18,19)20)13(28-12(8)10)14-24-15(27-25-14)11-7-22-16(26)23-11/h3-5,11,21H,2,6-7H2,1H3,(H2,22,23,26). The summed E-state index contributed by atoms with van der Waals surface area (Å²) >= 11 is 1.19. The van der Waals surface area contributed by atoms with E-state index in [2.05, 4.69) is 26.1 Å². The van der Waals surface area contributed by atoms with Crippen LogP contribution in [0.1, 0.15) is 24.4 Å². The highest BCUT2D eigenvalue weighted by Gasteiger charge is 2.33. The Hall–Kier alpha value is -2.82.